The van der Waals surface area contributed by atoms with Gasteiger partial charge >= 0.3 is 16.1 Å². The maximum atomic E-state index is 12.4. The van der Waals surface area contributed by atoms with Crippen LogP contribution in [0, 0.1) is 0 Å². The van der Waals surface area contributed by atoms with Crippen molar-refractivity contribution in [2.24, 2.45) is 0 Å². The molecule has 0 aliphatic rings. The van der Waals surface area contributed by atoms with Gasteiger partial charge in [-0.25, -0.2) is 0 Å². The van der Waals surface area contributed by atoms with E-state index in [-0.39, 0.29) is 11.3 Å². The van der Waals surface area contributed by atoms with Crippen LogP contribution in [0.15, 0.2) is 59.5 Å². The number of carbonyl (C=O) groups is 1. The van der Waals surface area contributed by atoms with Gasteiger partial charge in [0.2, 0.25) is 0 Å². The Balaban J connectivity index is 2.25. The van der Waals surface area contributed by atoms with Crippen LogP contribution < -0.4 is 0 Å². The molecule has 0 saturated carbocycles. The van der Waals surface area contributed by atoms with Crippen molar-refractivity contribution in [3.8, 4) is 11.1 Å². The van der Waals surface area contributed by atoms with E-state index < -0.39 is 16.1 Å². The van der Waals surface area contributed by atoms with Crippen molar-refractivity contribution < 1.29 is 17.4 Å². The summed E-state index contributed by atoms with van der Waals surface area (Å²) in [5.41, 5.74) is 1.28. The lowest BCUT2D eigenvalue weighted by Gasteiger charge is -2.10. The fourth-order valence-electron chi connectivity index (χ4n) is 2.27. The van der Waals surface area contributed by atoms with Gasteiger partial charge in [0.1, 0.15) is 4.90 Å². The maximum Gasteiger partial charge on any atom is 0.342 e. The molecule has 5 heteroatoms. The van der Waals surface area contributed by atoms with E-state index in [4.69, 9.17) is 4.18 Å². The monoisotopic (exact) mass is 332 g/mol. The molecule has 0 aliphatic carbocycles. The summed E-state index contributed by atoms with van der Waals surface area (Å²) in [6.07, 6.45) is 2.57. The molecule has 0 fully saturated rings. The Bertz CT molecular complexity index is 752. The van der Waals surface area contributed by atoms with Gasteiger partial charge in [-0.3, -0.25) is 4.79 Å². The summed E-state index contributed by atoms with van der Waals surface area (Å²) in [6.45, 7) is 2.01. The summed E-state index contributed by atoms with van der Waals surface area (Å²) in [5, 5.41) is 0. The van der Waals surface area contributed by atoms with Crippen molar-refractivity contribution in [3.63, 3.8) is 0 Å². The molecule has 0 unspecified atom stereocenters. The first kappa shape index (κ1) is 17.2. The highest BCUT2D eigenvalue weighted by Gasteiger charge is 2.23. The Morgan fingerprint density at radius 2 is 1.61 bits per heavy atom. The molecular formula is C18H20O4S. The SMILES string of the molecule is CCCCCC(=O)OS(=O)(=O)c1ccccc1-c1ccccc1. The molecule has 0 spiro atoms. The fraction of sp³-hybridized carbons (Fsp3) is 0.278. The standard InChI is InChI=1S/C18H20O4S/c1-2-3-5-14-18(19)22-23(20,21)17-13-9-8-12-16(17)15-10-6-4-7-11-15/h4,6-13H,2-3,5,14H2,1H3. The van der Waals surface area contributed by atoms with Gasteiger partial charge in [0.25, 0.3) is 0 Å². The molecule has 122 valence electrons. The molecule has 0 atom stereocenters. The van der Waals surface area contributed by atoms with Crippen molar-refractivity contribution in [2.45, 2.75) is 37.5 Å². The van der Waals surface area contributed by atoms with Crippen LogP contribution >= 0.6 is 0 Å². The highest BCUT2D eigenvalue weighted by Crippen LogP contribution is 2.28. The molecule has 0 amide bonds. The molecule has 2 aromatic rings. The first-order valence-corrected chi connectivity index (χ1v) is 9.07. The van der Waals surface area contributed by atoms with Gasteiger partial charge in [-0.05, 0) is 18.1 Å². The molecule has 4 nitrogen and oxygen atoms in total. The lowest BCUT2D eigenvalue weighted by Crippen LogP contribution is -2.14. The Hall–Kier alpha value is -2.14. The van der Waals surface area contributed by atoms with Gasteiger partial charge in [-0.15, -0.1) is 0 Å². The van der Waals surface area contributed by atoms with Gasteiger partial charge in [0.15, 0.2) is 0 Å². The predicted octanol–water partition coefficient (Wildman–Crippen LogP) is 4.17. The van der Waals surface area contributed by atoms with E-state index in [2.05, 4.69) is 0 Å². The van der Waals surface area contributed by atoms with Crippen molar-refractivity contribution in [1.82, 2.24) is 0 Å². The Labute approximate surface area is 137 Å². The van der Waals surface area contributed by atoms with Crippen molar-refractivity contribution in [3.05, 3.63) is 54.6 Å². The summed E-state index contributed by atoms with van der Waals surface area (Å²) in [4.78, 5) is 11.8. The van der Waals surface area contributed by atoms with E-state index in [9.17, 15) is 13.2 Å². The smallest absolute Gasteiger partial charge is 0.342 e. The van der Waals surface area contributed by atoms with Crippen LogP contribution in [-0.2, 0) is 19.1 Å². The first-order valence-electron chi connectivity index (χ1n) is 7.66. The molecule has 0 saturated heterocycles. The van der Waals surface area contributed by atoms with Crippen LogP contribution in [0.25, 0.3) is 11.1 Å². The zero-order valence-electron chi connectivity index (χ0n) is 13.1. The highest BCUT2D eigenvalue weighted by molar-refractivity contribution is 7.87. The minimum absolute atomic E-state index is 0.00930. The number of hydrogen-bond donors (Lipinski definition) is 0. The van der Waals surface area contributed by atoms with E-state index in [0.29, 0.717) is 12.0 Å². The van der Waals surface area contributed by atoms with Crippen LogP contribution in [0.3, 0.4) is 0 Å². The molecule has 0 aromatic heterocycles. The Morgan fingerprint density at radius 3 is 2.30 bits per heavy atom. The minimum Gasteiger partial charge on any atom is -0.342 e. The number of rotatable bonds is 7. The largest absolute Gasteiger partial charge is 0.342 e. The quantitative estimate of drug-likeness (QED) is 0.564. The van der Waals surface area contributed by atoms with Gasteiger partial charge in [0.05, 0.1) is 0 Å². The second-order valence-corrected chi connectivity index (χ2v) is 6.74. The molecule has 2 aromatic carbocycles. The Morgan fingerprint density at radius 1 is 0.957 bits per heavy atom. The zero-order chi connectivity index (χ0) is 16.7. The van der Waals surface area contributed by atoms with E-state index in [1.165, 1.54) is 6.07 Å². The first-order chi connectivity index (χ1) is 11.0. The van der Waals surface area contributed by atoms with Crippen LogP contribution in [0.5, 0.6) is 0 Å². The second kappa shape index (κ2) is 7.92. The summed E-state index contributed by atoms with van der Waals surface area (Å²) in [5.74, 6) is -0.707. The van der Waals surface area contributed by atoms with Crippen molar-refractivity contribution in [1.29, 1.82) is 0 Å². The number of unbranched alkanes of at least 4 members (excludes halogenated alkanes) is 2. The molecular weight excluding hydrogens is 312 g/mol. The third kappa shape index (κ3) is 4.66. The van der Waals surface area contributed by atoms with Crippen molar-refractivity contribution in [2.75, 3.05) is 0 Å². The van der Waals surface area contributed by atoms with Gasteiger partial charge in [0, 0.05) is 12.0 Å². The second-order valence-electron chi connectivity index (χ2n) is 5.23. The Kier molecular flexibility index (Phi) is 5.93. The van der Waals surface area contributed by atoms with Gasteiger partial charge in [-0.2, -0.15) is 8.42 Å². The lowest BCUT2D eigenvalue weighted by atomic mass is 10.1. The van der Waals surface area contributed by atoms with Crippen LogP contribution in [-0.4, -0.2) is 14.4 Å². The molecule has 23 heavy (non-hydrogen) atoms. The van der Waals surface area contributed by atoms with E-state index in [1.807, 2.05) is 37.3 Å². The number of hydrogen-bond acceptors (Lipinski definition) is 4. The topological polar surface area (TPSA) is 60.4 Å². The summed E-state index contributed by atoms with van der Waals surface area (Å²) in [6, 6.07) is 15.7. The third-order valence-corrected chi connectivity index (χ3v) is 4.73. The molecule has 0 radical (unpaired) electrons. The predicted molar refractivity (Wildman–Crippen MR) is 89.3 cm³/mol. The summed E-state index contributed by atoms with van der Waals surface area (Å²) >= 11 is 0. The number of carbonyl (C=O) groups excluding carboxylic acids is 1. The summed E-state index contributed by atoms with van der Waals surface area (Å²) in [7, 11) is -4.12. The fourth-order valence-corrected chi connectivity index (χ4v) is 3.39. The van der Waals surface area contributed by atoms with Gasteiger partial charge < -0.3 is 4.18 Å². The average Bonchev–Trinajstić information content (AvgIpc) is 2.55. The summed E-state index contributed by atoms with van der Waals surface area (Å²) < 4.78 is 29.6. The highest BCUT2D eigenvalue weighted by atomic mass is 32.2. The van der Waals surface area contributed by atoms with Gasteiger partial charge in [-0.1, -0.05) is 68.3 Å². The number of benzene rings is 2. The molecule has 0 N–H and O–H groups in total. The van der Waals surface area contributed by atoms with Crippen LogP contribution in [0.2, 0.25) is 0 Å². The van der Waals surface area contributed by atoms with Crippen LogP contribution in [0.4, 0.5) is 0 Å². The maximum absolute atomic E-state index is 12.4. The van der Waals surface area contributed by atoms with E-state index in [1.54, 1.807) is 18.2 Å². The molecule has 0 heterocycles. The van der Waals surface area contributed by atoms with E-state index in [0.717, 1.165) is 18.4 Å². The average molecular weight is 332 g/mol. The van der Waals surface area contributed by atoms with E-state index >= 15 is 0 Å². The third-order valence-electron chi connectivity index (χ3n) is 3.43. The molecule has 0 bridgehead atoms. The lowest BCUT2D eigenvalue weighted by molar-refractivity contribution is -0.133. The van der Waals surface area contributed by atoms with Crippen LogP contribution in [0.1, 0.15) is 32.6 Å². The molecule has 0 aliphatic heterocycles. The molecule has 2 rings (SSSR count). The zero-order valence-corrected chi connectivity index (χ0v) is 13.9. The minimum atomic E-state index is -4.12. The normalized spacial score (nSPS) is 11.2. The van der Waals surface area contributed by atoms with Crippen molar-refractivity contribution >= 4 is 16.1 Å².